The third-order valence-corrected chi connectivity index (χ3v) is 5.52. The zero-order valence-corrected chi connectivity index (χ0v) is 12.6. The van der Waals surface area contributed by atoms with Gasteiger partial charge in [-0.2, -0.15) is 0 Å². The van der Waals surface area contributed by atoms with Gasteiger partial charge in [0.1, 0.15) is 0 Å². The molecule has 0 bridgehead atoms. The average molecular weight is 265 g/mol. The van der Waals surface area contributed by atoms with Crippen molar-refractivity contribution in [3.05, 3.63) is 0 Å². The van der Waals surface area contributed by atoms with Gasteiger partial charge in [-0.1, -0.05) is 19.8 Å². The summed E-state index contributed by atoms with van der Waals surface area (Å²) >= 11 is 0. The lowest BCUT2D eigenvalue weighted by molar-refractivity contribution is 0.136. The van der Waals surface area contributed by atoms with E-state index in [-0.39, 0.29) is 0 Å². The average Bonchev–Trinajstić information content (AvgIpc) is 3.11. The number of hydrogen-bond donors (Lipinski definition) is 1. The van der Waals surface area contributed by atoms with Crippen LogP contribution in [0.2, 0.25) is 0 Å². The van der Waals surface area contributed by atoms with E-state index in [1.807, 2.05) is 0 Å². The minimum atomic E-state index is 0.760. The lowest BCUT2D eigenvalue weighted by Crippen LogP contribution is -2.51. The summed E-state index contributed by atoms with van der Waals surface area (Å²) in [6, 6.07) is 2.45. The molecule has 0 spiro atoms. The van der Waals surface area contributed by atoms with Crippen molar-refractivity contribution < 1.29 is 0 Å². The van der Waals surface area contributed by atoms with Crippen molar-refractivity contribution in [1.29, 1.82) is 0 Å². The van der Waals surface area contributed by atoms with Crippen LogP contribution in [0.4, 0.5) is 0 Å². The number of likely N-dealkylation sites (N-methyl/N-ethyl adjacent to an activating group) is 1. The fourth-order valence-corrected chi connectivity index (χ4v) is 4.52. The van der Waals surface area contributed by atoms with Crippen LogP contribution in [0.25, 0.3) is 0 Å². The van der Waals surface area contributed by atoms with E-state index in [9.17, 15) is 0 Å². The Labute approximate surface area is 118 Å². The van der Waals surface area contributed by atoms with E-state index < -0.39 is 0 Å². The van der Waals surface area contributed by atoms with Gasteiger partial charge in [-0.25, -0.2) is 0 Å². The van der Waals surface area contributed by atoms with Crippen LogP contribution in [0.3, 0.4) is 0 Å². The SMILES string of the molecule is CCNC1CCCCC1N1CCC(N2CCCC2)C1. The molecule has 3 fully saturated rings. The first kappa shape index (κ1) is 13.8. The largest absolute Gasteiger partial charge is 0.313 e. The maximum atomic E-state index is 3.74. The molecule has 3 unspecified atom stereocenters. The van der Waals surface area contributed by atoms with Crippen molar-refractivity contribution in [2.24, 2.45) is 0 Å². The molecule has 3 aliphatic rings. The molecule has 19 heavy (non-hydrogen) atoms. The fraction of sp³-hybridized carbons (Fsp3) is 1.00. The summed E-state index contributed by atoms with van der Waals surface area (Å²) in [5.41, 5.74) is 0. The van der Waals surface area contributed by atoms with Gasteiger partial charge in [-0.3, -0.25) is 9.80 Å². The van der Waals surface area contributed by atoms with Crippen molar-refractivity contribution >= 4 is 0 Å². The third-order valence-electron chi connectivity index (χ3n) is 5.52. The maximum absolute atomic E-state index is 3.74. The van der Waals surface area contributed by atoms with Gasteiger partial charge < -0.3 is 5.32 Å². The molecule has 2 heterocycles. The Bertz CT molecular complexity index is 273. The van der Waals surface area contributed by atoms with Gasteiger partial charge in [0.25, 0.3) is 0 Å². The minimum absolute atomic E-state index is 0.760. The Morgan fingerprint density at radius 1 is 0.895 bits per heavy atom. The highest BCUT2D eigenvalue weighted by Crippen LogP contribution is 2.28. The smallest absolute Gasteiger partial charge is 0.0250 e. The summed E-state index contributed by atoms with van der Waals surface area (Å²) < 4.78 is 0. The van der Waals surface area contributed by atoms with Crippen molar-refractivity contribution in [2.45, 2.75) is 70.0 Å². The van der Waals surface area contributed by atoms with Crippen molar-refractivity contribution in [3.63, 3.8) is 0 Å². The van der Waals surface area contributed by atoms with Crippen LogP contribution in [-0.2, 0) is 0 Å². The van der Waals surface area contributed by atoms with Crippen LogP contribution in [-0.4, -0.2) is 60.6 Å². The van der Waals surface area contributed by atoms with Crippen LogP contribution in [0.1, 0.15) is 51.9 Å². The highest BCUT2D eigenvalue weighted by molar-refractivity contribution is 4.94. The first-order valence-corrected chi connectivity index (χ1v) is 8.60. The van der Waals surface area contributed by atoms with Gasteiger partial charge in [0.05, 0.1) is 0 Å². The van der Waals surface area contributed by atoms with E-state index in [0.29, 0.717) is 0 Å². The Hall–Kier alpha value is -0.120. The van der Waals surface area contributed by atoms with Gasteiger partial charge in [0.15, 0.2) is 0 Å². The molecule has 110 valence electrons. The van der Waals surface area contributed by atoms with Gasteiger partial charge in [0, 0.05) is 31.2 Å². The van der Waals surface area contributed by atoms with Crippen LogP contribution in [0.5, 0.6) is 0 Å². The molecule has 2 saturated heterocycles. The van der Waals surface area contributed by atoms with E-state index in [1.54, 1.807) is 0 Å². The van der Waals surface area contributed by atoms with Gasteiger partial charge >= 0.3 is 0 Å². The number of rotatable bonds is 4. The van der Waals surface area contributed by atoms with Crippen LogP contribution in [0.15, 0.2) is 0 Å². The molecule has 2 aliphatic heterocycles. The zero-order valence-electron chi connectivity index (χ0n) is 12.6. The Kier molecular flexibility index (Phi) is 4.78. The molecule has 3 nitrogen and oxygen atoms in total. The van der Waals surface area contributed by atoms with Crippen LogP contribution in [0, 0.1) is 0 Å². The van der Waals surface area contributed by atoms with E-state index in [2.05, 4.69) is 22.0 Å². The topological polar surface area (TPSA) is 18.5 Å². The molecule has 3 rings (SSSR count). The molecule has 0 radical (unpaired) electrons. The number of likely N-dealkylation sites (tertiary alicyclic amines) is 2. The standard InChI is InChI=1S/C16H31N3/c1-2-17-15-7-3-4-8-16(15)19-12-9-14(13-19)18-10-5-6-11-18/h14-17H,2-13H2,1H3. The maximum Gasteiger partial charge on any atom is 0.0250 e. The van der Waals surface area contributed by atoms with E-state index in [4.69, 9.17) is 0 Å². The Morgan fingerprint density at radius 2 is 1.68 bits per heavy atom. The third kappa shape index (κ3) is 3.14. The van der Waals surface area contributed by atoms with Crippen molar-refractivity contribution in [2.75, 3.05) is 32.7 Å². The first-order valence-electron chi connectivity index (χ1n) is 8.60. The first-order chi connectivity index (χ1) is 9.38. The number of hydrogen-bond acceptors (Lipinski definition) is 3. The molecule has 3 atom stereocenters. The molecule has 0 amide bonds. The highest BCUT2D eigenvalue weighted by atomic mass is 15.3. The van der Waals surface area contributed by atoms with Crippen LogP contribution >= 0.6 is 0 Å². The zero-order chi connectivity index (χ0) is 13.1. The lowest BCUT2D eigenvalue weighted by atomic mass is 9.89. The quantitative estimate of drug-likeness (QED) is 0.839. The molecule has 1 saturated carbocycles. The Balaban J connectivity index is 1.56. The highest BCUT2D eigenvalue weighted by Gasteiger charge is 2.36. The molecule has 0 aromatic heterocycles. The second kappa shape index (κ2) is 6.55. The predicted molar refractivity (Wildman–Crippen MR) is 80.5 cm³/mol. The van der Waals surface area contributed by atoms with Crippen molar-refractivity contribution in [3.8, 4) is 0 Å². The molecule has 3 heteroatoms. The molecular weight excluding hydrogens is 234 g/mol. The predicted octanol–water partition coefficient (Wildman–Crippen LogP) is 2.08. The Morgan fingerprint density at radius 3 is 2.47 bits per heavy atom. The molecule has 0 aromatic carbocycles. The molecule has 1 N–H and O–H groups in total. The minimum Gasteiger partial charge on any atom is -0.313 e. The normalized spacial score (nSPS) is 38.1. The summed E-state index contributed by atoms with van der Waals surface area (Å²) in [6.07, 6.45) is 9.96. The van der Waals surface area contributed by atoms with Crippen molar-refractivity contribution in [1.82, 2.24) is 15.1 Å². The second-order valence-corrected chi connectivity index (χ2v) is 6.70. The number of nitrogens with one attached hydrogen (secondary N) is 1. The number of nitrogens with zero attached hydrogens (tertiary/aromatic N) is 2. The lowest BCUT2D eigenvalue weighted by Gasteiger charge is -2.39. The second-order valence-electron chi connectivity index (χ2n) is 6.70. The van der Waals surface area contributed by atoms with E-state index >= 15 is 0 Å². The van der Waals surface area contributed by atoms with Gasteiger partial charge in [-0.05, 0) is 51.7 Å². The van der Waals surface area contributed by atoms with Gasteiger partial charge in [0.2, 0.25) is 0 Å². The summed E-state index contributed by atoms with van der Waals surface area (Å²) in [5.74, 6) is 0. The molecule has 1 aliphatic carbocycles. The monoisotopic (exact) mass is 265 g/mol. The van der Waals surface area contributed by atoms with E-state index in [0.717, 1.165) is 24.7 Å². The van der Waals surface area contributed by atoms with E-state index in [1.165, 1.54) is 71.1 Å². The van der Waals surface area contributed by atoms with Gasteiger partial charge in [-0.15, -0.1) is 0 Å². The molecule has 0 aromatic rings. The molecular formula is C16H31N3. The summed E-state index contributed by atoms with van der Waals surface area (Å²) in [7, 11) is 0. The van der Waals surface area contributed by atoms with Crippen LogP contribution < -0.4 is 5.32 Å². The summed E-state index contributed by atoms with van der Waals surface area (Å²) in [6.45, 7) is 8.78. The fourth-order valence-electron chi connectivity index (χ4n) is 4.52. The summed E-state index contributed by atoms with van der Waals surface area (Å²) in [4.78, 5) is 5.57. The summed E-state index contributed by atoms with van der Waals surface area (Å²) in [5, 5.41) is 3.74.